The summed E-state index contributed by atoms with van der Waals surface area (Å²) in [6, 6.07) is 0. The van der Waals surface area contributed by atoms with Crippen LogP contribution < -0.4 is 5.73 Å². The van der Waals surface area contributed by atoms with Gasteiger partial charge in [0.05, 0.1) is 12.8 Å². The Kier molecular flexibility index (Phi) is 11.6. The number of esters is 4. The first-order chi connectivity index (χ1) is 14.7. The van der Waals surface area contributed by atoms with Crippen LogP contribution in [-0.4, -0.2) is 53.6 Å². The molecule has 0 saturated carbocycles. The van der Waals surface area contributed by atoms with Crippen LogP contribution in [0, 0.1) is 0 Å². The summed E-state index contributed by atoms with van der Waals surface area (Å²) in [4.78, 5) is 59.0. The molecule has 2 atom stereocenters. The molecule has 2 unspecified atom stereocenters. The SMILES string of the molecule is C=C(C)C(=O)OC(C)OC(=O)CCC(=O)OC(C)(/C=C(\CCO)C(N)=O)OC(=O)C(=C)C. The van der Waals surface area contributed by atoms with Crippen molar-refractivity contribution in [3.05, 3.63) is 36.0 Å². The summed E-state index contributed by atoms with van der Waals surface area (Å²) in [7, 11) is 0. The van der Waals surface area contributed by atoms with Gasteiger partial charge in [0.25, 0.3) is 5.79 Å². The fourth-order valence-corrected chi connectivity index (χ4v) is 2.05. The van der Waals surface area contributed by atoms with E-state index >= 15 is 0 Å². The largest absolute Gasteiger partial charge is 0.425 e. The second-order valence-electron chi connectivity index (χ2n) is 6.91. The normalized spacial score (nSPS) is 13.7. The molecule has 11 nitrogen and oxygen atoms in total. The third-order valence-corrected chi connectivity index (χ3v) is 3.55. The maximum atomic E-state index is 12.2. The molecule has 11 heteroatoms. The number of aliphatic hydroxyl groups excluding tert-OH is 1. The second-order valence-corrected chi connectivity index (χ2v) is 6.91. The number of primary amides is 1. The summed E-state index contributed by atoms with van der Waals surface area (Å²) in [5.41, 5.74) is 5.19. The van der Waals surface area contributed by atoms with Gasteiger partial charge in [0.15, 0.2) is 0 Å². The molecule has 178 valence electrons. The van der Waals surface area contributed by atoms with Crippen molar-refractivity contribution in [2.75, 3.05) is 6.61 Å². The number of nitrogens with two attached hydrogens (primary N) is 1. The molecule has 0 aliphatic carbocycles. The number of aliphatic hydroxyl groups is 1. The fourth-order valence-electron chi connectivity index (χ4n) is 2.05. The molecule has 0 aliphatic rings. The van der Waals surface area contributed by atoms with E-state index in [9.17, 15) is 24.0 Å². The van der Waals surface area contributed by atoms with E-state index < -0.39 is 61.3 Å². The van der Waals surface area contributed by atoms with Crippen molar-refractivity contribution in [1.82, 2.24) is 0 Å². The first-order valence-corrected chi connectivity index (χ1v) is 9.49. The highest BCUT2D eigenvalue weighted by Gasteiger charge is 2.33. The summed E-state index contributed by atoms with van der Waals surface area (Å²) in [6.45, 7) is 11.6. The summed E-state index contributed by atoms with van der Waals surface area (Å²) in [6.07, 6.45) is -1.33. The van der Waals surface area contributed by atoms with E-state index in [0.29, 0.717) is 0 Å². The van der Waals surface area contributed by atoms with Crippen LogP contribution >= 0.6 is 0 Å². The van der Waals surface area contributed by atoms with Crippen molar-refractivity contribution in [2.45, 2.75) is 59.0 Å². The molecule has 3 N–H and O–H groups in total. The minimum absolute atomic E-state index is 0.00895. The highest BCUT2D eigenvalue weighted by atomic mass is 16.7. The highest BCUT2D eigenvalue weighted by molar-refractivity contribution is 5.92. The van der Waals surface area contributed by atoms with Crippen LogP contribution in [0.15, 0.2) is 36.0 Å². The van der Waals surface area contributed by atoms with Gasteiger partial charge in [-0.1, -0.05) is 13.2 Å². The minimum Gasteiger partial charge on any atom is -0.425 e. The Morgan fingerprint density at radius 3 is 1.94 bits per heavy atom. The van der Waals surface area contributed by atoms with Gasteiger partial charge in [-0.2, -0.15) is 0 Å². The second kappa shape index (κ2) is 13.1. The minimum atomic E-state index is -2.07. The van der Waals surface area contributed by atoms with Crippen molar-refractivity contribution in [3.63, 3.8) is 0 Å². The third-order valence-electron chi connectivity index (χ3n) is 3.55. The van der Waals surface area contributed by atoms with Gasteiger partial charge in [-0.15, -0.1) is 0 Å². The van der Waals surface area contributed by atoms with Crippen LogP contribution in [0.2, 0.25) is 0 Å². The van der Waals surface area contributed by atoms with Gasteiger partial charge in [0.1, 0.15) is 0 Å². The molecule has 0 fully saturated rings. The predicted molar refractivity (Wildman–Crippen MR) is 110 cm³/mol. The maximum Gasteiger partial charge on any atom is 0.336 e. The number of carbonyl (C=O) groups is 5. The van der Waals surface area contributed by atoms with E-state index in [-0.39, 0.29) is 23.1 Å². The molecule has 0 heterocycles. The van der Waals surface area contributed by atoms with E-state index in [1.807, 2.05) is 0 Å². The van der Waals surface area contributed by atoms with Gasteiger partial charge in [-0.25, -0.2) is 9.59 Å². The summed E-state index contributed by atoms with van der Waals surface area (Å²) in [5, 5.41) is 9.07. The Balaban J connectivity index is 5.20. The van der Waals surface area contributed by atoms with E-state index in [2.05, 4.69) is 13.2 Å². The standard InChI is InChI=1S/C21H29NO10/c1-12(2)19(27)30-14(5)29-16(24)7-8-17(25)31-21(6,32-20(28)13(3)4)11-15(9-10-23)18(22)26/h11,14,23H,1,3,7-10H2,2,4-6H3,(H2,22,26)/b15-11+. The fraction of sp³-hybridized carbons (Fsp3) is 0.476. The van der Waals surface area contributed by atoms with Gasteiger partial charge in [-0.05, 0) is 13.8 Å². The third kappa shape index (κ3) is 11.1. The van der Waals surface area contributed by atoms with Crippen LogP contribution in [0.5, 0.6) is 0 Å². The molecule has 0 aliphatic heterocycles. The van der Waals surface area contributed by atoms with Crippen molar-refractivity contribution in [2.24, 2.45) is 5.73 Å². The summed E-state index contributed by atoms with van der Waals surface area (Å²) >= 11 is 0. The Labute approximate surface area is 185 Å². The van der Waals surface area contributed by atoms with Crippen molar-refractivity contribution < 1.29 is 48.0 Å². The molecule has 0 spiro atoms. The molecular formula is C21H29NO10. The van der Waals surface area contributed by atoms with Crippen molar-refractivity contribution in [3.8, 4) is 0 Å². The van der Waals surface area contributed by atoms with Gasteiger partial charge in [-0.3, -0.25) is 14.4 Å². The van der Waals surface area contributed by atoms with Gasteiger partial charge >= 0.3 is 23.9 Å². The van der Waals surface area contributed by atoms with E-state index in [0.717, 1.165) is 6.08 Å². The molecular weight excluding hydrogens is 426 g/mol. The lowest BCUT2D eigenvalue weighted by molar-refractivity contribution is -0.205. The van der Waals surface area contributed by atoms with Crippen molar-refractivity contribution in [1.29, 1.82) is 0 Å². The van der Waals surface area contributed by atoms with E-state index in [1.54, 1.807) is 0 Å². The van der Waals surface area contributed by atoms with Crippen LogP contribution in [0.25, 0.3) is 0 Å². The quantitative estimate of drug-likeness (QED) is 0.232. The van der Waals surface area contributed by atoms with Gasteiger partial charge in [0.2, 0.25) is 12.2 Å². The molecule has 0 rings (SSSR count). The van der Waals surface area contributed by atoms with Crippen LogP contribution in [0.1, 0.15) is 47.0 Å². The zero-order chi connectivity index (χ0) is 25.1. The van der Waals surface area contributed by atoms with Crippen LogP contribution in [0.3, 0.4) is 0 Å². The number of amides is 1. The monoisotopic (exact) mass is 455 g/mol. The molecule has 1 amide bonds. The van der Waals surface area contributed by atoms with Crippen LogP contribution in [-0.2, 0) is 42.9 Å². The zero-order valence-electron chi connectivity index (χ0n) is 18.6. The molecule has 0 aromatic carbocycles. The molecule has 0 aromatic rings. The zero-order valence-corrected chi connectivity index (χ0v) is 18.6. The number of hydrogen-bond donors (Lipinski definition) is 2. The topological polar surface area (TPSA) is 169 Å². The molecule has 0 saturated heterocycles. The van der Waals surface area contributed by atoms with Gasteiger partial charge < -0.3 is 29.8 Å². The first kappa shape index (κ1) is 28.5. The number of rotatable bonds is 13. The number of hydrogen-bond acceptors (Lipinski definition) is 10. The summed E-state index contributed by atoms with van der Waals surface area (Å²) < 4.78 is 19.9. The highest BCUT2D eigenvalue weighted by Crippen LogP contribution is 2.21. The lowest BCUT2D eigenvalue weighted by Crippen LogP contribution is -2.37. The molecule has 0 radical (unpaired) electrons. The van der Waals surface area contributed by atoms with Crippen molar-refractivity contribution >= 4 is 29.8 Å². The molecule has 32 heavy (non-hydrogen) atoms. The molecule has 0 aromatic heterocycles. The Bertz CT molecular complexity index is 813. The Morgan fingerprint density at radius 1 is 0.938 bits per heavy atom. The lowest BCUT2D eigenvalue weighted by Gasteiger charge is -2.27. The van der Waals surface area contributed by atoms with E-state index in [1.165, 1.54) is 27.7 Å². The number of ether oxygens (including phenoxy) is 4. The number of carbonyl (C=O) groups excluding carboxylic acids is 5. The smallest absolute Gasteiger partial charge is 0.336 e. The predicted octanol–water partition coefficient (Wildman–Crippen LogP) is 0.948. The Hall–Kier alpha value is -3.47. The first-order valence-electron chi connectivity index (χ1n) is 9.49. The molecule has 0 bridgehead atoms. The Morgan fingerprint density at radius 2 is 1.47 bits per heavy atom. The van der Waals surface area contributed by atoms with Crippen LogP contribution in [0.4, 0.5) is 0 Å². The van der Waals surface area contributed by atoms with Gasteiger partial charge in [0, 0.05) is 49.7 Å². The van der Waals surface area contributed by atoms with E-state index in [4.69, 9.17) is 29.8 Å². The average molecular weight is 455 g/mol. The lowest BCUT2D eigenvalue weighted by atomic mass is 10.1. The average Bonchev–Trinajstić information content (AvgIpc) is 2.65. The summed E-state index contributed by atoms with van der Waals surface area (Å²) in [5.74, 6) is -6.50. The maximum absolute atomic E-state index is 12.2.